The van der Waals surface area contributed by atoms with Gasteiger partial charge in [0.15, 0.2) is 6.71 Å². The Morgan fingerprint density at radius 3 is 1.94 bits per heavy atom. The molecule has 2 nitrogen and oxygen atoms in total. The number of hydrogen-bond donors (Lipinski definition) is 1. The van der Waals surface area contributed by atoms with Crippen LogP contribution in [0, 0.1) is 32.6 Å². The van der Waals surface area contributed by atoms with Crippen molar-refractivity contribution in [2.45, 2.75) is 80.9 Å². The second-order valence-electron chi connectivity index (χ2n) is 10.5. The molecule has 0 saturated heterocycles. The van der Waals surface area contributed by atoms with E-state index in [1.807, 2.05) is 13.8 Å². The molecule has 0 bridgehead atoms. The van der Waals surface area contributed by atoms with Crippen molar-refractivity contribution in [1.82, 2.24) is 0 Å². The van der Waals surface area contributed by atoms with E-state index in [1.165, 1.54) is 38.9 Å². The van der Waals surface area contributed by atoms with E-state index in [2.05, 4.69) is 79.7 Å². The molecule has 1 N–H and O–H groups in total. The van der Waals surface area contributed by atoms with Crippen LogP contribution >= 0.6 is 0 Å². The van der Waals surface area contributed by atoms with E-state index < -0.39 is 5.97 Å². The Hall–Kier alpha value is -2.29. The summed E-state index contributed by atoms with van der Waals surface area (Å²) in [4.78, 5) is 12.1. The molecule has 3 rings (SSSR count). The fraction of sp³-hybridized carbons (Fsp3) is 0.483. The predicted octanol–water partition coefficient (Wildman–Crippen LogP) is 6.98. The van der Waals surface area contributed by atoms with Crippen LogP contribution < -0.4 is 5.46 Å². The molecule has 32 heavy (non-hydrogen) atoms. The van der Waals surface area contributed by atoms with E-state index in [9.17, 15) is 9.90 Å². The highest BCUT2D eigenvalue weighted by Crippen LogP contribution is 2.50. The van der Waals surface area contributed by atoms with Crippen LogP contribution in [-0.2, 0) is 4.79 Å². The van der Waals surface area contributed by atoms with Gasteiger partial charge in [-0.2, -0.15) is 0 Å². The Bertz CT molecular complexity index is 1060. The summed E-state index contributed by atoms with van der Waals surface area (Å²) in [6, 6.07) is 4.63. The summed E-state index contributed by atoms with van der Waals surface area (Å²) in [6.07, 6.45) is 4.76. The number of benzene rings is 1. The molecule has 0 aliphatic heterocycles. The van der Waals surface area contributed by atoms with Crippen LogP contribution in [0.4, 0.5) is 0 Å². The second-order valence-corrected chi connectivity index (χ2v) is 10.5. The molecule has 170 valence electrons. The molecule has 4 atom stereocenters. The first-order valence-corrected chi connectivity index (χ1v) is 11.9. The Balaban J connectivity index is 2.31. The lowest BCUT2D eigenvalue weighted by molar-refractivity contribution is -0.132. The highest BCUT2D eigenvalue weighted by molar-refractivity contribution is 6.78. The van der Waals surface area contributed by atoms with Crippen molar-refractivity contribution in [1.29, 1.82) is 0 Å². The summed E-state index contributed by atoms with van der Waals surface area (Å²) in [5.41, 5.74) is 11.9. The summed E-state index contributed by atoms with van der Waals surface area (Å²) < 4.78 is 0. The van der Waals surface area contributed by atoms with Crippen LogP contribution in [0.5, 0.6) is 0 Å². The van der Waals surface area contributed by atoms with Gasteiger partial charge >= 0.3 is 5.97 Å². The minimum absolute atomic E-state index is 0.168. The largest absolute Gasteiger partial charge is 0.478 e. The SMILES string of the molecule is CC1=CC(C)C(B(c2c(C)cc(C)cc2C)C2C(C)=C(C)C(C(=O)O)=C(C)C2C)C(C)=C1. The number of aryl methyl sites for hydroxylation is 3. The van der Waals surface area contributed by atoms with Crippen molar-refractivity contribution < 1.29 is 9.90 Å². The highest BCUT2D eigenvalue weighted by atomic mass is 16.4. The Kier molecular flexibility index (Phi) is 6.79. The van der Waals surface area contributed by atoms with Gasteiger partial charge in [-0.3, -0.25) is 0 Å². The van der Waals surface area contributed by atoms with Crippen LogP contribution in [0.3, 0.4) is 0 Å². The monoisotopic (exact) mass is 430 g/mol. The van der Waals surface area contributed by atoms with E-state index in [4.69, 9.17) is 0 Å². The molecule has 3 heteroatoms. The van der Waals surface area contributed by atoms with Crippen LogP contribution in [-0.4, -0.2) is 17.8 Å². The molecule has 0 radical (unpaired) electrons. The van der Waals surface area contributed by atoms with E-state index >= 15 is 0 Å². The van der Waals surface area contributed by atoms with Crippen molar-refractivity contribution in [2.24, 2.45) is 11.8 Å². The van der Waals surface area contributed by atoms with Crippen LogP contribution in [0.15, 0.2) is 57.7 Å². The first-order valence-electron chi connectivity index (χ1n) is 11.9. The molecule has 1 aromatic carbocycles. The quantitative estimate of drug-likeness (QED) is 0.523. The number of hydrogen-bond acceptors (Lipinski definition) is 1. The van der Waals surface area contributed by atoms with Gasteiger partial charge in [0.05, 0.1) is 5.57 Å². The van der Waals surface area contributed by atoms with Crippen LogP contribution in [0.25, 0.3) is 0 Å². The number of carboxylic acid groups (broad SMARTS) is 1. The topological polar surface area (TPSA) is 37.3 Å². The Labute approximate surface area is 195 Å². The third-order valence-corrected chi connectivity index (χ3v) is 8.21. The maximum atomic E-state index is 12.1. The lowest BCUT2D eigenvalue weighted by Crippen LogP contribution is -2.48. The maximum Gasteiger partial charge on any atom is 0.335 e. The molecule has 0 fully saturated rings. The first kappa shape index (κ1) is 24.4. The third-order valence-electron chi connectivity index (χ3n) is 8.21. The van der Waals surface area contributed by atoms with Crippen molar-refractivity contribution in [2.75, 3.05) is 0 Å². The van der Waals surface area contributed by atoms with Crippen LogP contribution in [0.2, 0.25) is 11.6 Å². The number of aliphatic carboxylic acids is 1. The molecule has 2 aliphatic carbocycles. The third kappa shape index (κ3) is 4.07. The molecule has 1 aromatic rings. The van der Waals surface area contributed by atoms with Crippen molar-refractivity contribution in [3.8, 4) is 0 Å². The lowest BCUT2D eigenvalue weighted by Gasteiger charge is -2.44. The van der Waals surface area contributed by atoms with Gasteiger partial charge < -0.3 is 5.11 Å². The van der Waals surface area contributed by atoms with E-state index in [1.54, 1.807) is 0 Å². The van der Waals surface area contributed by atoms with Crippen molar-refractivity contribution >= 4 is 18.1 Å². The maximum absolute atomic E-state index is 12.1. The first-order chi connectivity index (χ1) is 14.9. The lowest BCUT2D eigenvalue weighted by atomic mass is 9.23. The van der Waals surface area contributed by atoms with Gasteiger partial charge in [-0.05, 0) is 84.4 Å². The minimum atomic E-state index is -0.801. The van der Waals surface area contributed by atoms with Gasteiger partial charge in [0, 0.05) is 0 Å². The zero-order chi connectivity index (χ0) is 24.1. The van der Waals surface area contributed by atoms with Gasteiger partial charge in [-0.1, -0.05) is 82.6 Å². The van der Waals surface area contributed by atoms with Gasteiger partial charge in [-0.25, -0.2) is 4.79 Å². The van der Waals surface area contributed by atoms with Gasteiger partial charge in [0.2, 0.25) is 0 Å². The van der Waals surface area contributed by atoms with E-state index in [0.717, 1.165) is 11.1 Å². The van der Waals surface area contributed by atoms with Crippen LogP contribution in [0.1, 0.15) is 65.2 Å². The summed E-state index contributed by atoms with van der Waals surface area (Å²) >= 11 is 0. The predicted molar refractivity (Wildman–Crippen MR) is 138 cm³/mol. The minimum Gasteiger partial charge on any atom is -0.478 e. The molecular weight excluding hydrogens is 391 g/mol. The van der Waals surface area contributed by atoms with Gasteiger partial charge in [-0.15, -0.1) is 0 Å². The zero-order valence-corrected chi connectivity index (χ0v) is 21.6. The molecule has 0 heterocycles. The molecule has 0 aromatic heterocycles. The molecule has 0 amide bonds. The Morgan fingerprint density at radius 1 is 0.875 bits per heavy atom. The van der Waals surface area contributed by atoms with Gasteiger partial charge in [0.1, 0.15) is 0 Å². The number of carboxylic acids is 1. The average Bonchev–Trinajstić information content (AvgIpc) is 2.64. The molecule has 0 saturated carbocycles. The fourth-order valence-corrected chi connectivity index (χ4v) is 6.87. The standard InChI is InChI=1S/C29H39BO2/c1-15-11-17(3)26(18(4)12-15)30(27-19(5)13-16(2)14-20(27)6)28-23(9)21(7)25(29(31)32)22(8)24(28)10/h11-14,17,23,26,28H,1-10H3,(H,31,32). The highest BCUT2D eigenvalue weighted by Gasteiger charge is 2.46. The van der Waals surface area contributed by atoms with Gasteiger partial charge in [0.25, 0.3) is 0 Å². The number of allylic oxidation sites excluding steroid dienone is 6. The zero-order valence-electron chi connectivity index (χ0n) is 21.6. The summed E-state index contributed by atoms with van der Waals surface area (Å²) in [6.45, 7) is 22.2. The number of rotatable bonds is 4. The molecule has 4 unspecified atom stereocenters. The smallest absolute Gasteiger partial charge is 0.335 e. The fourth-order valence-electron chi connectivity index (χ4n) is 6.87. The summed E-state index contributed by atoms with van der Waals surface area (Å²) in [5, 5.41) is 9.93. The molecular formula is C29H39BO2. The Morgan fingerprint density at radius 2 is 1.44 bits per heavy atom. The average molecular weight is 430 g/mol. The summed E-state index contributed by atoms with van der Waals surface area (Å²) in [5.74, 6) is 0.441. The van der Waals surface area contributed by atoms with E-state index in [-0.39, 0.29) is 11.7 Å². The van der Waals surface area contributed by atoms with Crippen molar-refractivity contribution in [3.05, 3.63) is 74.4 Å². The van der Waals surface area contributed by atoms with Crippen molar-refractivity contribution in [3.63, 3.8) is 0 Å². The summed E-state index contributed by atoms with van der Waals surface area (Å²) in [7, 11) is 0. The molecule has 0 spiro atoms. The second kappa shape index (κ2) is 8.92. The number of carbonyl (C=O) groups is 1. The normalized spacial score (nSPS) is 26.2. The molecule has 2 aliphatic rings. The van der Waals surface area contributed by atoms with E-state index in [0.29, 0.717) is 24.0 Å².